The molecule has 0 heterocycles. The summed E-state index contributed by atoms with van der Waals surface area (Å²) in [6.07, 6.45) is 3.25. The van der Waals surface area contributed by atoms with Crippen molar-refractivity contribution >= 4 is 5.78 Å². The van der Waals surface area contributed by atoms with Crippen LogP contribution in [-0.2, 0) is 12.8 Å². The number of hydrogen-bond acceptors (Lipinski definition) is 1. The van der Waals surface area contributed by atoms with E-state index in [0.29, 0.717) is 5.56 Å². The molecule has 18 heavy (non-hydrogen) atoms. The molecule has 0 aliphatic heterocycles. The maximum Gasteiger partial charge on any atom is 0.195 e. The van der Waals surface area contributed by atoms with E-state index in [1.54, 1.807) is 18.2 Å². The monoisotopic (exact) mass is 240 g/mol. The van der Waals surface area contributed by atoms with E-state index >= 15 is 0 Å². The molecule has 1 aliphatic carbocycles. The number of carbonyl (C=O) groups excluding carboxylic acids is 1. The molecule has 3 rings (SSSR count). The van der Waals surface area contributed by atoms with Gasteiger partial charge in [0.25, 0.3) is 0 Å². The third-order valence-corrected chi connectivity index (χ3v) is 3.48. The molecule has 0 radical (unpaired) electrons. The first-order valence-corrected chi connectivity index (χ1v) is 6.17. The first-order chi connectivity index (χ1) is 8.75. The number of ketones is 1. The largest absolute Gasteiger partial charge is 0.288 e. The van der Waals surface area contributed by atoms with Crippen LogP contribution >= 0.6 is 0 Å². The average molecular weight is 240 g/mol. The van der Waals surface area contributed by atoms with E-state index in [4.69, 9.17) is 0 Å². The minimum atomic E-state index is -0.456. The van der Waals surface area contributed by atoms with Crippen LogP contribution in [0, 0.1) is 5.82 Å². The zero-order valence-corrected chi connectivity index (χ0v) is 9.95. The van der Waals surface area contributed by atoms with Crippen LogP contribution in [0.2, 0.25) is 0 Å². The van der Waals surface area contributed by atoms with Crippen molar-refractivity contribution in [2.45, 2.75) is 19.3 Å². The zero-order chi connectivity index (χ0) is 12.5. The van der Waals surface area contributed by atoms with Crippen LogP contribution < -0.4 is 0 Å². The van der Waals surface area contributed by atoms with Gasteiger partial charge in [0.15, 0.2) is 5.78 Å². The summed E-state index contributed by atoms with van der Waals surface area (Å²) in [4.78, 5) is 12.2. The number of hydrogen-bond donors (Lipinski definition) is 0. The normalized spacial score (nSPS) is 13.4. The van der Waals surface area contributed by atoms with Gasteiger partial charge in [0.1, 0.15) is 5.82 Å². The second-order valence-electron chi connectivity index (χ2n) is 4.65. The van der Waals surface area contributed by atoms with Crippen LogP contribution in [0.4, 0.5) is 4.39 Å². The Morgan fingerprint density at radius 3 is 2.61 bits per heavy atom. The Bertz CT molecular complexity index is 616. The lowest BCUT2D eigenvalue weighted by atomic mass is 9.99. The molecular weight excluding hydrogens is 227 g/mol. The summed E-state index contributed by atoms with van der Waals surface area (Å²) in [5.74, 6) is -0.689. The molecule has 0 saturated heterocycles. The Hall–Kier alpha value is -1.96. The van der Waals surface area contributed by atoms with Crippen LogP contribution in [0.25, 0.3) is 0 Å². The van der Waals surface area contributed by atoms with E-state index in [1.165, 1.54) is 23.3 Å². The molecule has 2 heteroatoms. The van der Waals surface area contributed by atoms with Gasteiger partial charge in [-0.3, -0.25) is 4.79 Å². The molecule has 1 aliphatic rings. The second kappa shape index (κ2) is 4.37. The summed E-state index contributed by atoms with van der Waals surface area (Å²) in [7, 11) is 0. The minimum absolute atomic E-state index is 0.149. The van der Waals surface area contributed by atoms with Gasteiger partial charge < -0.3 is 0 Å². The molecule has 0 bridgehead atoms. The lowest BCUT2D eigenvalue weighted by Crippen LogP contribution is -2.04. The first-order valence-electron chi connectivity index (χ1n) is 6.17. The Morgan fingerprint density at radius 2 is 1.78 bits per heavy atom. The number of carbonyl (C=O) groups is 1. The van der Waals surface area contributed by atoms with Gasteiger partial charge in [0.2, 0.25) is 0 Å². The SMILES string of the molecule is O=C(c1ccc2c(c1)CCC2)c1ccccc1F. The van der Waals surface area contributed by atoms with Gasteiger partial charge in [0.05, 0.1) is 5.56 Å². The highest BCUT2D eigenvalue weighted by Crippen LogP contribution is 2.24. The highest BCUT2D eigenvalue weighted by Gasteiger charge is 2.17. The third kappa shape index (κ3) is 1.84. The van der Waals surface area contributed by atoms with Crippen molar-refractivity contribution in [1.82, 2.24) is 0 Å². The molecule has 0 fully saturated rings. The summed E-state index contributed by atoms with van der Waals surface area (Å²) in [6.45, 7) is 0. The predicted octanol–water partition coefficient (Wildman–Crippen LogP) is 3.55. The van der Waals surface area contributed by atoms with Gasteiger partial charge in [-0.1, -0.05) is 24.3 Å². The predicted molar refractivity (Wildman–Crippen MR) is 68.3 cm³/mol. The van der Waals surface area contributed by atoms with Crippen molar-refractivity contribution in [3.05, 3.63) is 70.5 Å². The number of halogens is 1. The maximum absolute atomic E-state index is 13.6. The lowest BCUT2D eigenvalue weighted by molar-refractivity contribution is 0.103. The average Bonchev–Trinajstić information content (AvgIpc) is 2.85. The van der Waals surface area contributed by atoms with Crippen molar-refractivity contribution in [2.75, 3.05) is 0 Å². The third-order valence-electron chi connectivity index (χ3n) is 3.48. The van der Waals surface area contributed by atoms with Crippen LogP contribution in [0.5, 0.6) is 0 Å². The fourth-order valence-electron chi connectivity index (χ4n) is 2.51. The van der Waals surface area contributed by atoms with Crippen molar-refractivity contribution in [3.8, 4) is 0 Å². The molecule has 90 valence electrons. The topological polar surface area (TPSA) is 17.1 Å². The molecule has 2 aromatic carbocycles. The Labute approximate surface area is 105 Å². The van der Waals surface area contributed by atoms with Gasteiger partial charge >= 0.3 is 0 Å². The highest BCUT2D eigenvalue weighted by atomic mass is 19.1. The highest BCUT2D eigenvalue weighted by molar-refractivity contribution is 6.09. The van der Waals surface area contributed by atoms with E-state index in [-0.39, 0.29) is 11.3 Å². The van der Waals surface area contributed by atoms with Crippen molar-refractivity contribution in [2.24, 2.45) is 0 Å². The summed E-state index contributed by atoms with van der Waals surface area (Å²) >= 11 is 0. The van der Waals surface area contributed by atoms with Gasteiger partial charge in [-0.15, -0.1) is 0 Å². The number of rotatable bonds is 2. The van der Waals surface area contributed by atoms with Gasteiger partial charge in [-0.05, 0) is 48.6 Å². The summed E-state index contributed by atoms with van der Waals surface area (Å²) in [5, 5.41) is 0. The Balaban J connectivity index is 2.01. The summed E-state index contributed by atoms with van der Waals surface area (Å²) < 4.78 is 13.6. The van der Waals surface area contributed by atoms with Crippen LogP contribution in [0.1, 0.15) is 33.5 Å². The fourth-order valence-corrected chi connectivity index (χ4v) is 2.51. The molecule has 1 nitrogen and oxygen atoms in total. The second-order valence-corrected chi connectivity index (χ2v) is 4.65. The fraction of sp³-hybridized carbons (Fsp3) is 0.188. The van der Waals surface area contributed by atoms with Crippen LogP contribution in [0.15, 0.2) is 42.5 Å². The van der Waals surface area contributed by atoms with Crippen molar-refractivity contribution in [1.29, 1.82) is 0 Å². The van der Waals surface area contributed by atoms with Crippen molar-refractivity contribution in [3.63, 3.8) is 0 Å². The lowest BCUT2D eigenvalue weighted by Gasteiger charge is -2.05. The van der Waals surface area contributed by atoms with E-state index < -0.39 is 5.82 Å². The Kier molecular flexibility index (Phi) is 2.71. The van der Waals surface area contributed by atoms with Gasteiger partial charge in [-0.25, -0.2) is 4.39 Å². The standard InChI is InChI=1S/C16H13FO/c17-15-7-2-1-6-14(15)16(18)13-9-8-11-4-3-5-12(11)10-13/h1-2,6-10H,3-5H2. The molecule has 0 aromatic heterocycles. The molecule has 0 unspecified atom stereocenters. The molecular formula is C16H13FO. The number of fused-ring (bicyclic) bond motifs is 1. The molecule has 0 spiro atoms. The smallest absolute Gasteiger partial charge is 0.195 e. The van der Waals surface area contributed by atoms with Crippen molar-refractivity contribution < 1.29 is 9.18 Å². The quantitative estimate of drug-likeness (QED) is 0.734. The van der Waals surface area contributed by atoms with Crippen LogP contribution in [0.3, 0.4) is 0 Å². The maximum atomic E-state index is 13.6. The van der Waals surface area contributed by atoms with E-state index in [2.05, 4.69) is 0 Å². The number of aryl methyl sites for hydroxylation is 2. The van der Waals surface area contributed by atoms with Crippen LogP contribution in [-0.4, -0.2) is 5.78 Å². The first kappa shape index (κ1) is 11.1. The van der Waals surface area contributed by atoms with E-state index in [0.717, 1.165) is 19.3 Å². The van der Waals surface area contributed by atoms with E-state index in [9.17, 15) is 9.18 Å². The minimum Gasteiger partial charge on any atom is -0.288 e. The van der Waals surface area contributed by atoms with Gasteiger partial charge in [-0.2, -0.15) is 0 Å². The zero-order valence-electron chi connectivity index (χ0n) is 9.95. The van der Waals surface area contributed by atoms with Gasteiger partial charge in [0, 0.05) is 5.56 Å². The molecule has 0 saturated carbocycles. The molecule has 2 aromatic rings. The molecule has 0 atom stereocenters. The Morgan fingerprint density at radius 1 is 1.00 bits per heavy atom. The summed E-state index contributed by atoms with van der Waals surface area (Å²) in [5.41, 5.74) is 3.29. The van der Waals surface area contributed by atoms with E-state index in [1.807, 2.05) is 12.1 Å². The molecule has 0 N–H and O–H groups in total. The number of benzene rings is 2. The summed E-state index contributed by atoms with van der Waals surface area (Å²) in [6, 6.07) is 11.8. The molecule has 0 amide bonds.